The van der Waals surface area contributed by atoms with Crippen LogP contribution in [0.4, 0.5) is 4.79 Å². The number of rotatable bonds is 2. The first-order valence-electron chi connectivity index (χ1n) is 7.57. The van der Waals surface area contributed by atoms with Gasteiger partial charge in [-0.1, -0.05) is 31.5 Å². The van der Waals surface area contributed by atoms with Gasteiger partial charge in [-0.15, -0.1) is 11.6 Å². The summed E-state index contributed by atoms with van der Waals surface area (Å²) in [6.45, 7) is 9.69. The molecule has 2 heterocycles. The number of pyridine rings is 1. The first kappa shape index (κ1) is 20.0. The quantitative estimate of drug-likeness (QED) is 0.639. The van der Waals surface area contributed by atoms with Crippen molar-refractivity contribution in [3.63, 3.8) is 0 Å². The number of halogens is 2. The van der Waals surface area contributed by atoms with E-state index in [0.717, 1.165) is 0 Å². The SMILES string of the molecule is CC.CC(C)(C)OC(=O)N1CC(O)(c2ccc(Cl)nc2CCl)C1. The maximum Gasteiger partial charge on any atom is 0.410 e. The van der Waals surface area contributed by atoms with Crippen molar-refractivity contribution in [3.05, 3.63) is 28.5 Å². The van der Waals surface area contributed by atoms with E-state index < -0.39 is 17.3 Å². The van der Waals surface area contributed by atoms with Gasteiger partial charge in [0.1, 0.15) is 16.4 Å². The number of hydrogen-bond donors (Lipinski definition) is 1. The second-order valence-electron chi connectivity index (χ2n) is 6.13. The van der Waals surface area contributed by atoms with Crippen molar-refractivity contribution in [2.24, 2.45) is 0 Å². The van der Waals surface area contributed by atoms with Crippen molar-refractivity contribution in [1.29, 1.82) is 0 Å². The van der Waals surface area contributed by atoms with Gasteiger partial charge in [0, 0.05) is 5.56 Å². The Labute approximate surface area is 147 Å². The molecular weight excluding hydrogens is 339 g/mol. The third kappa shape index (κ3) is 4.96. The van der Waals surface area contributed by atoms with E-state index in [1.807, 2.05) is 13.8 Å². The van der Waals surface area contributed by atoms with Crippen LogP contribution in [-0.4, -0.2) is 39.8 Å². The van der Waals surface area contributed by atoms with E-state index in [1.54, 1.807) is 32.9 Å². The highest BCUT2D eigenvalue weighted by Gasteiger charge is 2.47. The van der Waals surface area contributed by atoms with Gasteiger partial charge < -0.3 is 14.7 Å². The number of nitrogens with zero attached hydrogens (tertiary/aromatic N) is 2. The van der Waals surface area contributed by atoms with Gasteiger partial charge in [0.15, 0.2) is 0 Å². The predicted molar refractivity (Wildman–Crippen MR) is 91.9 cm³/mol. The molecule has 1 aliphatic rings. The Hall–Kier alpha value is -1.04. The molecule has 23 heavy (non-hydrogen) atoms. The molecule has 0 unspecified atom stereocenters. The highest BCUT2D eigenvalue weighted by molar-refractivity contribution is 6.29. The number of alkyl halides is 1. The highest BCUT2D eigenvalue weighted by Crippen LogP contribution is 2.35. The third-order valence-corrected chi connectivity index (χ3v) is 3.59. The molecule has 0 aliphatic carbocycles. The lowest BCUT2D eigenvalue weighted by Gasteiger charge is -2.46. The molecule has 2 rings (SSSR count). The van der Waals surface area contributed by atoms with E-state index in [-0.39, 0.29) is 19.0 Å². The van der Waals surface area contributed by atoms with Crippen molar-refractivity contribution in [1.82, 2.24) is 9.88 Å². The van der Waals surface area contributed by atoms with Crippen LogP contribution in [0.5, 0.6) is 0 Å². The fourth-order valence-corrected chi connectivity index (χ4v) is 2.58. The standard InChI is InChI=1S/C14H18Cl2N2O3.C2H6/c1-13(2,3)21-12(19)18-7-14(20,8-18)9-4-5-11(16)17-10(9)6-15;1-2/h4-5,20H,6-8H2,1-3H3;1-2H3. The summed E-state index contributed by atoms with van der Waals surface area (Å²) in [5.74, 6) is 0.143. The molecule has 0 bridgehead atoms. The number of carbonyl (C=O) groups is 1. The summed E-state index contributed by atoms with van der Waals surface area (Å²) in [5, 5.41) is 10.9. The van der Waals surface area contributed by atoms with E-state index in [4.69, 9.17) is 27.9 Å². The number of carbonyl (C=O) groups excluding carboxylic acids is 1. The average Bonchev–Trinajstić information content (AvgIpc) is 2.44. The van der Waals surface area contributed by atoms with Crippen LogP contribution >= 0.6 is 23.2 Å². The van der Waals surface area contributed by atoms with Crippen LogP contribution in [0.2, 0.25) is 5.15 Å². The summed E-state index contributed by atoms with van der Waals surface area (Å²) in [6.07, 6.45) is -0.443. The third-order valence-electron chi connectivity index (χ3n) is 3.12. The first-order chi connectivity index (χ1) is 10.6. The number of aromatic nitrogens is 1. The minimum absolute atomic E-state index is 0.143. The molecule has 0 radical (unpaired) electrons. The van der Waals surface area contributed by atoms with Gasteiger partial charge in [-0.05, 0) is 26.8 Å². The van der Waals surface area contributed by atoms with Crippen LogP contribution in [0.25, 0.3) is 0 Å². The molecule has 1 amide bonds. The molecule has 130 valence electrons. The molecule has 0 spiro atoms. The van der Waals surface area contributed by atoms with E-state index >= 15 is 0 Å². The Bertz CT molecular complexity index is 553. The molecule has 1 saturated heterocycles. The van der Waals surface area contributed by atoms with Crippen LogP contribution in [0.15, 0.2) is 12.1 Å². The number of hydrogen-bond acceptors (Lipinski definition) is 4. The monoisotopic (exact) mass is 362 g/mol. The zero-order valence-corrected chi connectivity index (χ0v) is 15.7. The van der Waals surface area contributed by atoms with Gasteiger partial charge >= 0.3 is 6.09 Å². The van der Waals surface area contributed by atoms with Crippen molar-refractivity contribution < 1.29 is 14.6 Å². The van der Waals surface area contributed by atoms with Crippen LogP contribution in [0.1, 0.15) is 45.9 Å². The summed E-state index contributed by atoms with van der Waals surface area (Å²) >= 11 is 11.7. The van der Waals surface area contributed by atoms with E-state index in [2.05, 4.69) is 4.98 Å². The predicted octanol–water partition coefficient (Wildman–Crippen LogP) is 3.94. The van der Waals surface area contributed by atoms with Crippen molar-refractivity contribution >= 4 is 29.3 Å². The summed E-state index contributed by atoms with van der Waals surface area (Å²) in [7, 11) is 0. The largest absolute Gasteiger partial charge is 0.444 e. The van der Waals surface area contributed by atoms with E-state index in [1.165, 1.54) is 4.90 Å². The van der Waals surface area contributed by atoms with E-state index in [0.29, 0.717) is 16.4 Å². The Morgan fingerprint density at radius 3 is 2.43 bits per heavy atom. The van der Waals surface area contributed by atoms with Gasteiger partial charge in [-0.25, -0.2) is 9.78 Å². The van der Waals surface area contributed by atoms with Crippen molar-refractivity contribution in [2.45, 2.75) is 51.7 Å². The molecule has 1 N–H and O–H groups in total. The fraction of sp³-hybridized carbons (Fsp3) is 0.625. The highest BCUT2D eigenvalue weighted by atomic mass is 35.5. The van der Waals surface area contributed by atoms with Gasteiger partial charge in [0.2, 0.25) is 0 Å². The number of β-amino-alcohol motifs (C(OH)–C–C–N with tert-alkyl or cyclic N) is 1. The maximum absolute atomic E-state index is 11.9. The Kier molecular flexibility index (Phi) is 6.69. The first-order valence-corrected chi connectivity index (χ1v) is 8.48. The number of likely N-dealkylation sites (tertiary alicyclic amines) is 1. The van der Waals surface area contributed by atoms with Gasteiger partial charge in [0.05, 0.1) is 24.7 Å². The molecule has 0 saturated carbocycles. The Balaban J connectivity index is 0.00000127. The summed E-state index contributed by atoms with van der Waals surface area (Å²) < 4.78 is 5.26. The summed E-state index contributed by atoms with van der Waals surface area (Å²) in [6, 6.07) is 3.29. The molecule has 0 atom stereocenters. The normalized spacial score (nSPS) is 16.1. The van der Waals surface area contributed by atoms with Crippen LogP contribution in [0.3, 0.4) is 0 Å². The minimum atomic E-state index is -1.15. The lowest BCUT2D eigenvalue weighted by molar-refractivity contribution is -0.104. The number of aliphatic hydroxyl groups is 1. The van der Waals surface area contributed by atoms with Crippen molar-refractivity contribution in [2.75, 3.05) is 13.1 Å². The topological polar surface area (TPSA) is 62.7 Å². The number of ether oxygens (including phenoxy) is 1. The lowest BCUT2D eigenvalue weighted by atomic mass is 9.85. The second-order valence-corrected chi connectivity index (χ2v) is 6.78. The number of amides is 1. The lowest BCUT2D eigenvalue weighted by Crippen LogP contribution is -2.62. The molecule has 5 nitrogen and oxygen atoms in total. The van der Waals surface area contributed by atoms with E-state index in [9.17, 15) is 9.90 Å². The Morgan fingerprint density at radius 1 is 1.39 bits per heavy atom. The molecule has 1 aliphatic heterocycles. The van der Waals surface area contributed by atoms with Crippen LogP contribution in [-0.2, 0) is 16.2 Å². The van der Waals surface area contributed by atoms with Gasteiger partial charge in [-0.3, -0.25) is 0 Å². The molecule has 1 aromatic heterocycles. The van der Waals surface area contributed by atoms with Gasteiger partial charge in [0.25, 0.3) is 0 Å². The zero-order chi connectivity index (χ0) is 17.8. The van der Waals surface area contributed by atoms with Crippen LogP contribution < -0.4 is 0 Å². The minimum Gasteiger partial charge on any atom is -0.444 e. The van der Waals surface area contributed by atoms with Crippen LogP contribution in [0, 0.1) is 0 Å². The smallest absolute Gasteiger partial charge is 0.410 e. The molecule has 0 aromatic carbocycles. The summed E-state index contributed by atoms with van der Waals surface area (Å²) in [5.41, 5.74) is -0.593. The second kappa shape index (κ2) is 7.69. The molecule has 7 heteroatoms. The Morgan fingerprint density at radius 2 is 1.96 bits per heavy atom. The maximum atomic E-state index is 11.9. The average molecular weight is 363 g/mol. The van der Waals surface area contributed by atoms with Gasteiger partial charge in [-0.2, -0.15) is 0 Å². The van der Waals surface area contributed by atoms with Crippen molar-refractivity contribution in [3.8, 4) is 0 Å². The fourth-order valence-electron chi connectivity index (χ4n) is 2.21. The molecule has 1 aromatic rings. The zero-order valence-electron chi connectivity index (χ0n) is 14.2. The summed E-state index contributed by atoms with van der Waals surface area (Å²) in [4.78, 5) is 17.4. The molecule has 1 fully saturated rings. The molecular formula is C16H24Cl2N2O3.